The third-order valence-electron chi connectivity index (χ3n) is 7.41. The molecule has 0 saturated heterocycles. The van der Waals surface area contributed by atoms with E-state index in [1.54, 1.807) is 36.4 Å². The number of carbonyl (C=O) groups is 2. The minimum absolute atomic E-state index is 0.0509. The molecule has 4 saturated carbocycles. The van der Waals surface area contributed by atoms with Gasteiger partial charge in [0.2, 0.25) is 0 Å². The molecule has 4 bridgehead atoms. The lowest BCUT2D eigenvalue weighted by Gasteiger charge is -2.56. The number of nitrogens with two attached hydrogens (primary N) is 1. The molecule has 4 aliphatic carbocycles. The molecule has 0 spiro atoms. The number of rotatable bonds is 5. The lowest BCUT2D eigenvalue weighted by atomic mass is 9.49. The minimum Gasteiger partial charge on any atom is -0.397 e. The SMILES string of the molecule is Nc1ccccc1NC(=O)c1ccc(C(=O)NCC23CC4CC(CC(C4)C2)C3)cc1. The highest BCUT2D eigenvalue weighted by Crippen LogP contribution is 2.59. The fraction of sp³-hybridized carbons (Fsp3) is 0.440. The van der Waals surface area contributed by atoms with E-state index in [4.69, 9.17) is 5.73 Å². The van der Waals surface area contributed by atoms with Gasteiger partial charge in [-0.15, -0.1) is 0 Å². The summed E-state index contributed by atoms with van der Waals surface area (Å²) in [6, 6.07) is 14.0. The number of nitrogen functional groups attached to an aromatic ring is 1. The second-order valence-electron chi connectivity index (χ2n) is 9.72. The first-order valence-corrected chi connectivity index (χ1v) is 11.0. The predicted octanol–water partition coefficient (Wildman–Crippen LogP) is 4.47. The van der Waals surface area contributed by atoms with E-state index in [1.165, 1.54) is 38.5 Å². The lowest BCUT2D eigenvalue weighted by Crippen LogP contribution is -2.51. The van der Waals surface area contributed by atoms with Gasteiger partial charge in [-0.3, -0.25) is 9.59 Å². The zero-order chi connectivity index (χ0) is 20.7. The summed E-state index contributed by atoms with van der Waals surface area (Å²) in [6.07, 6.45) is 8.06. The zero-order valence-corrected chi connectivity index (χ0v) is 17.2. The van der Waals surface area contributed by atoms with Crippen molar-refractivity contribution < 1.29 is 9.59 Å². The van der Waals surface area contributed by atoms with Crippen LogP contribution in [0.4, 0.5) is 11.4 Å². The maximum absolute atomic E-state index is 12.7. The lowest BCUT2D eigenvalue weighted by molar-refractivity contribution is -0.0503. The Hall–Kier alpha value is -2.82. The minimum atomic E-state index is -0.242. The maximum atomic E-state index is 12.7. The smallest absolute Gasteiger partial charge is 0.255 e. The van der Waals surface area contributed by atoms with E-state index < -0.39 is 0 Å². The quantitative estimate of drug-likeness (QED) is 0.644. The van der Waals surface area contributed by atoms with E-state index in [1.807, 2.05) is 12.1 Å². The molecule has 2 amide bonds. The van der Waals surface area contributed by atoms with Crippen LogP contribution in [0, 0.1) is 23.2 Å². The van der Waals surface area contributed by atoms with Crippen molar-refractivity contribution in [2.24, 2.45) is 23.2 Å². The summed E-state index contributed by atoms with van der Waals surface area (Å²) < 4.78 is 0. The highest BCUT2D eigenvalue weighted by atomic mass is 16.2. The number of amides is 2. The van der Waals surface area contributed by atoms with Gasteiger partial charge in [0.05, 0.1) is 11.4 Å². The molecule has 156 valence electrons. The molecule has 4 aliphatic rings. The van der Waals surface area contributed by atoms with Crippen LogP contribution in [0.15, 0.2) is 48.5 Å². The van der Waals surface area contributed by atoms with Crippen molar-refractivity contribution in [3.8, 4) is 0 Å². The first-order chi connectivity index (χ1) is 14.5. The molecule has 0 heterocycles. The number of anilines is 2. The molecule has 2 aromatic carbocycles. The standard InChI is InChI=1S/C25H29N3O2/c26-21-3-1-2-4-22(21)28-24(30)20-7-5-19(6-8-20)23(29)27-15-25-12-16-9-17(13-25)11-18(10-16)14-25/h1-8,16-18H,9-15,26H2,(H,27,29)(H,28,30). The Morgan fingerprint density at radius 3 is 1.93 bits per heavy atom. The molecule has 6 rings (SSSR count). The van der Waals surface area contributed by atoms with Crippen LogP contribution in [0.5, 0.6) is 0 Å². The average molecular weight is 404 g/mol. The second kappa shape index (κ2) is 7.46. The Morgan fingerprint density at radius 1 is 0.833 bits per heavy atom. The topological polar surface area (TPSA) is 84.2 Å². The van der Waals surface area contributed by atoms with Gasteiger partial charge in [0, 0.05) is 17.7 Å². The monoisotopic (exact) mass is 403 g/mol. The van der Waals surface area contributed by atoms with Crippen molar-refractivity contribution in [1.82, 2.24) is 5.32 Å². The number of carbonyl (C=O) groups excluding carboxylic acids is 2. The Kier molecular flexibility index (Phi) is 4.76. The maximum Gasteiger partial charge on any atom is 0.255 e. The van der Waals surface area contributed by atoms with Gasteiger partial charge >= 0.3 is 0 Å². The normalized spacial score (nSPS) is 28.9. The largest absolute Gasteiger partial charge is 0.397 e. The Morgan fingerprint density at radius 2 is 1.37 bits per heavy atom. The summed E-state index contributed by atoms with van der Waals surface area (Å²) >= 11 is 0. The van der Waals surface area contributed by atoms with Crippen LogP contribution < -0.4 is 16.4 Å². The summed E-state index contributed by atoms with van der Waals surface area (Å²) in [4.78, 5) is 25.2. The molecule has 30 heavy (non-hydrogen) atoms. The fourth-order valence-electron chi connectivity index (χ4n) is 6.45. The van der Waals surface area contributed by atoms with Crippen molar-refractivity contribution in [2.45, 2.75) is 38.5 Å². The van der Waals surface area contributed by atoms with Crippen LogP contribution in [-0.2, 0) is 0 Å². The van der Waals surface area contributed by atoms with E-state index in [0.29, 0.717) is 27.9 Å². The summed E-state index contributed by atoms with van der Waals surface area (Å²) in [5, 5.41) is 6.01. The second-order valence-corrected chi connectivity index (χ2v) is 9.72. The third kappa shape index (κ3) is 3.69. The van der Waals surface area contributed by atoms with E-state index in [2.05, 4.69) is 10.6 Å². The average Bonchev–Trinajstić information content (AvgIpc) is 2.73. The summed E-state index contributed by atoms with van der Waals surface area (Å²) in [5.74, 6) is 2.34. The van der Waals surface area contributed by atoms with Crippen LogP contribution in [0.1, 0.15) is 59.2 Å². The number of nitrogens with one attached hydrogen (secondary N) is 2. The van der Waals surface area contributed by atoms with E-state index in [9.17, 15) is 9.59 Å². The molecular formula is C25H29N3O2. The molecule has 0 radical (unpaired) electrons. The molecule has 5 nitrogen and oxygen atoms in total. The van der Waals surface area contributed by atoms with Crippen molar-refractivity contribution in [3.63, 3.8) is 0 Å². The Balaban J connectivity index is 1.20. The van der Waals surface area contributed by atoms with E-state index in [-0.39, 0.29) is 11.8 Å². The van der Waals surface area contributed by atoms with Crippen LogP contribution in [0.25, 0.3) is 0 Å². The number of hydrogen-bond acceptors (Lipinski definition) is 3. The van der Waals surface area contributed by atoms with Crippen LogP contribution >= 0.6 is 0 Å². The molecule has 5 heteroatoms. The Bertz CT molecular complexity index is 931. The number of para-hydroxylation sites is 2. The molecule has 0 aromatic heterocycles. The first kappa shape index (κ1) is 19.2. The first-order valence-electron chi connectivity index (χ1n) is 11.0. The van der Waals surface area contributed by atoms with Gasteiger partial charge in [0.15, 0.2) is 0 Å². The van der Waals surface area contributed by atoms with E-state index in [0.717, 1.165) is 24.3 Å². The molecular weight excluding hydrogens is 374 g/mol. The highest BCUT2D eigenvalue weighted by Gasteiger charge is 2.50. The third-order valence-corrected chi connectivity index (χ3v) is 7.41. The van der Waals surface area contributed by atoms with Gasteiger partial charge in [-0.25, -0.2) is 0 Å². The highest BCUT2D eigenvalue weighted by molar-refractivity contribution is 6.06. The molecule has 0 aliphatic heterocycles. The molecule has 2 aromatic rings. The van der Waals surface area contributed by atoms with Crippen LogP contribution in [0.3, 0.4) is 0 Å². The predicted molar refractivity (Wildman–Crippen MR) is 118 cm³/mol. The van der Waals surface area contributed by atoms with E-state index >= 15 is 0 Å². The van der Waals surface area contributed by atoms with Gasteiger partial charge in [-0.05, 0) is 98.1 Å². The molecule has 0 unspecified atom stereocenters. The van der Waals surface area contributed by atoms with Gasteiger partial charge in [0.1, 0.15) is 0 Å². The summed E-state index contributed by atoms with van der Waals surface area (Å²) in [5.41, 5.74) is 8.40. The van der Waals surface area contributed by atoms with Gasteiger partial charge in [0.25, 0.3) is 11.8 Å². The van der Waals surface area contributed by atoms with Gasteiger partial charge < -0.3 is 16.4 Å². The van der Waals surface area contributed by atoms with Gasteiger partial charge in [-0.1, -0.05) is 12.1 Å². The number of hydrogen-bond donors (Lipinski definition) is 3. The zero-order valence-electron chi connectivity index (χ0n) is 17.2. The summed E-state index contributed by atoms with van der Waals surface area (Å²) in [7, 11) is 0. The van der Waals surface area contributed by atoms with Crippen LogP contribution in [0.2, 0.25) is 0 Å². The Labute approximate surface area is 177 Å². The molecule has 0 atom stereocenters. The van der Waals surface area contributed by atoms with Gasteiger partial charge in [-0.2, -0.15) is 0 Å². The molecule has 4 fully saturated rings. The van der Waals surface area contributed by atoms with Crippen molar-refractivity contribution in [1.29, 1.82) is 0 Å². The fourth-order valence-corrected chi connectivity index (χ4v) is 6.45. The van der Waals surface area contributed by atoms with Crippen molar-refractivity contribution in [3.05, 3.63) is 59.7 Å². The summed E-state index contributed by atoms with van der Waals surface area (Å²) in [6.45, 7) is 0.783. The number of benzene rings is 2. The van der Waals surface area contributed by atoms with Crippen molar-refractivity contribution >= 4 is 23.2 Å². The van der Waals surface area contributed by atoms with Crippen LogP contribution in [-0.4, -0.2) is 18.4 Å². The van der Waals surface area contributed by atoms with Crippen molar-refractivity contribution in [2.75, 3.05) is 17.6 Å². The molecule has 4 N–H and O–H groups in total.